The van der Waals surface area contributed by atoms with E-state index in [-0.39, 0.29) is 5.91 Å². The van der Waals surface area contributed by atoms with Crippen LogP contribution in [0.25, 0.3) is 11.3 Å². The molecule has 3 rings (SSSR count). The molecule has 0 saturated heterocycles. The lowest BCUT2D eigenvalue weighted by Crippen LogP contribution is -2.14. The molecule has 0 saturated carbocycles. The summed E-state index contributed by atoms with van der Waals surface area (Å²) in [6, 6.07) is 12.2. The molecule has 0 aliphatic heterocycles. The normalized spacial score (nSPS) is 10.3. The third-order valence-corrected chi connectivity index (χ3v) is 3.43. The number of anilines is 3. The van der Waals surface area contributed by atoms with Crippen molar-refractivity contribution in [2.45, 2.75) is 6.92 Å². The third-order valence-electron chi connectivity index (χ3n) is 3.43. The molecular weight excluding hydrogens is 316 g/mol. The van der Waals surface area contributed by atoms with Gasteiger partial charge in [-0.05, 0) is 37.3 Å². The van der Waals surface area contributed by atoms with Gasteiger partial charge in [-0.1, -0.05) is 6.07 Å². The van der Waals surface area contributed by atoms with Gasteiger partial charge in [-0.2, -0.15) is 4.98 Å². The zero-order chi connectivity index (χ0) is 17.6. The molecule has 0 unspecified atom stereocenters. The molecule has 0 spiro atoms. The quantitative estimate of drug-likeness (QED) is 0.620. The molecule has 0 radical (unpaired) electrons. The smallest absolute Gasteiger partial charge is 0.256 e. The topological polar surface area (TPSA) is 106 Å². The van der Waals surface area contributed by atoms with Crippen LogP contribution in [0.1, 0.15) is 17.3 Å². The van der Waals surface area contributed by atoms with Gasteiger partial charge in [0.1, 0.15) is 5.82 Å². The van der Waals surface area contributed by atoms with Crippen LogP contribution in [0.5, 0.6) is 0 Å². The van der Waals surface area contributed by atoms with Gasteiger partial charge in [-0.15, -0.1) is 0 Å². The minimum Gasteiger partial charge on any atom is -0.399 e. The van der Waals surface area contributed by atoms with E-state index in [2.05, 4.69) is 25.6 Å². The maximum atomic E-state index is 12.4. The fourth-order valence-corrected chi connectivity index (χ4v) is 2.29. The maximum Gasteiger partial charge on any atom is 0.256 e. The first kappa shape index (κ1) is 16.4. The van der Waals surface area contributed by atoms with Crippen LogP contribution >= 0.6 is 0 Å². The number of nitrogens with zero attached hydrogens (tertiary/aromatic N) is 3. The fourth-order valence-electron chi connectivity index (χ4n) is 2.29. The van der Waals surface area contributed by atoms with Crippen LogP contribution in [0, 0.1) is 0 Å². The number of carbonyl (C=O) groups is 1. The lowest BCUT2D eigenvalue weighted by Gasteiger charge is -2.10. The first-order valence-corrected chi connectivity index (χ1v) is 7.86. The van der Waals surface area contributed by atoms with Crippen molar-refractivity contribution in [1.82, 2.24) is 15.0 Å². The van der Waals surface area contributed by atoms with Crippen molar-refractivity contribution >= 4 is 23.4 Å². The van der Waals surface area contributed by atoms with Crippen molar-refractivity contribution in [2.24, 2.45) is 0 Å². The van der Waals surface area contributed by atoms with Gasteiger partial charge in [0.25, 0.3) is 5.91 Å². The predicted molar refractivity (Wildman–Crippen MR) is 98.2 cm³/mol. The Balaban J connectivity index is 1.92. The van der Waals surface area contributed by atoms with E-state index < -0.39 is 0 Å². The molecule has 3 aromatic rings. The van der Waals surface area contributed by atoms with E-state index in [1.165, 1.54) is 0 Å². The van der Waals surface area contributed by atoms with Gasteiger partial charge in [0, 0.05) is 41.8 Å². The van der Waals surface area contributed by atoms with Gasteiger partial charge in [0.05, 0.1) is 5.69 Å². The second-order valence-electron chi connectivity index (χ2n) is 5.31. The molecule has 0 fully saturated rings. The van der Waals surface area contributed by atoms with Crippen molar-refractivity contribution < 1.29 is 4.79 Å². The number of rotatable bonds is 5. The standard InChI is InChI=1S/C18H18N6O/c1-2-21-18-22-15(12-6-8-20-9-7-12)11-16(24-18)23-17(25)13-4-3-5-14(19)10-13/h3-11H,2,19H2,1H3,(H2,21,22,23,24,25). The number of pyridine rings is 1. The minimum absolute atomic E-state index is 0.283. The predicted octanol–water partition coefficient (Wildman–Crippen LogP) is 2.80. The molecule has 2 aromatic heterocycles. The van der Waals surface area contributed by atoms with E-state index in [4.69, 9.17) is 5.73 Å². The van der Waals surface area contributed by atoms with Crippen LogP contribution in [0.4, 0.5) is 17.5 Å². The van der Waals surface area contributed by atoms with Gasteiger partial charge in [0.15, 0.2) is 0 Å². The highest BCUT2D eigenvalue weighted by Crippen LogP contribution is 2.21. The van der Waals surface area contributed by atoms with Crippen molar-refractivity contribution in [3.63, 3.8) is 0 Å². The number of benzene rings is 1. The van der Waals surface area contributed by atoms with Crippen LogP contribution in [0.2, 0.25) is 0 Å². The van der Waals surface area contributed by atoms with Gasteiger partial charge in [0.2, 0.25) is 5.95 Å². The Kier molecular flexibility index (Phi) is 4.84. The molecule has 4 N–H and O–H groups in total. The number of nitrogens with one attached hydrogen (secondary N) is 2. The summed E-state index contributed by atoms with van der Waals surface area (Å²) in [5.41, 5.74) is 8.30. The average molecular weight is 334 g/mol. The summed E-state index contributed by atoms with van der Waals surface area (Å²) in [4.78, 5) is 25.2. The molecule has 1 amide bonds. The van der Waals surface area contributed by atoms with E-state index in [1.54, 1.807) is 42.7 Å². The second kappa shape index (κ2) is 7.39. The van der Waals surface area contributed by atoms with Crippen molar-refractivity contribution in [3.8, 4) is 11.3 Å². The summed E-state index contributed by atoms with van der Waals surface area (Å²) in [5.74, 6) is 0.569. The van der Waals surface area contributed by atoms with E-state index in [1.807, 2.05) is 19.1 Å². The summed E-state index contributed by atoms with van der Waals surface area (Å²) in [6.07, 6.45) is 3.38. The second-order valence-corrected chi connectivity index (χ2v) is 5.31. The van der Waals surface area contributed by atoms with Crippen LogP contribution in [-0.2, 0) is 0 Å². The number of carbonyl (C=O) groups excluding carboxylic acids is 1. The Morgan fingerprint density at radius 1 is 1.12 bits per heavy atom. The Labute approximate surface area is 145 Å². The Morgan fingerprint density at radius 3 is 2.64 bits per heavy atom. The molecule has 25 heavy (non-hydrogen) atoms. The number of aromatic nitrogens is 3. The first-order valence-electron chi connectivity index (χ1n) is 7.86. The number of nitrogen functional groups attached to an aromatic ring is 1. The number of hydrogen-bond donors (Lipinski definition) is 3. The van der Waals surface area contributed by atoms with E-state index in [9.17, 15) is 4.79 Å². The van der Waals surface area contributed by atoms with Crippen LogP contribution in [-0.4, -0.2) is 27.4 Å². The zero-order valence-electron chi connectivity index (χ0n) is 13.7. The van der Waals surface area contributed by atoms with Crippen molar-refractivity contribution in [1.29, 1.82) is 0 Å². The summed E-state index contributed by atoms with van der Waals surface area (Å²) in [7, 11) is 0. The molecule has 0 atom stereocenters. The Morgan fingerprint density at radius 2 is 1.92 bits per heavy atom. The molecule has 126 valence electrons. The summed E-state index contributed by atoms with van der Waals surface area (Å²) in [6.45, 7) is 2.62. The molecule has 0 bridgehead atoms. The molecule has 7 heteroatoms. The average Bonchev–Trinajstić information content (AvgIpc) is 2.62. The molecule has 7 nitrogen and oxygen atoms in total. The highest BCUT2D eigenvalue weighted by molar-refractivity contribution is 6.04. The third kappa shape index (κ3) is 4.08. The van der Waals surface area contributed by atoms with E-state index in [0.717, 1.165) is 5.56 Å². The van der Waals surface area contributed by atoms with E-state index >= 15 is 0 Å². The minimum atomic E-state index is -0.283. The van der Waals surface area contributed by atoms with E-state index in [0.29, 0.717) is 35.3 Å². The van der Waals surface area contributed by atoms with Crippen molar-refractivity contribution in [3.05, 3.63) is 60.4 Å². The number of hydrogen-bond acceptors (Lipinski definition) is 6. The van der Waals surface area contributed by atoms with Gasteiger partial charge < -0.3 is 16.4 Å². The lowest BCUT2D eigenvalue weighted by atomic mass is 10.2. The Hall–Kier alpha value is -3.48. The highest BCUT2D eigenvalue weighted by Gasteiger charge is 2.11. The monoisotopic (exact) mass is 334 g/mol. The summed E-state index contributed by atoms with van der Waals surface area (Å²) < 4.78 is 0. The fraction of sp³-hybridized carbons (Fsp3) is 0.111. The molecule has 0 aliphatic carbocycles. The molecular formula is C18H18N6O. The van der Waals surface area contributed by atoms with Crippen LogP contribution < -0.4 is 16.4 Å². The maximum absolute atomic E-state index is 12.4. The molecule has 2 heterocycles. The largest absolute Gasteiger partial charge is 0.399 e. The number of amides is 1. The Bertz CT molecular complexity index is 882. The molecule has 0 aliphatic rings. The number of nitrogens with two attached hydrogens (primary N) is 1. The zero-order valence-corrected chi connectivity index (χ0v) is 13.7. The highest BCUT2D eigenvalue weighted by atomic mass is 16.1. The van der Waals surface area contributed by atoms with Gasteiger partial charge in [-0.25, -0.2) is 4.98 Å². The van der Waals surface area contributed by atoms with Gasteiger partial charge in [-0.3, -0.25) is 9.78 Å². The summed E-state index contributed by atoms with van der Waals surface area (Å²) >= 11 is 0. The SMILES string of the molecule is CCNc1nc(NC(=O)c2cccc(N)c2)cc(-c2ccncc2)n1. The molecule has 1 aromatic carbocycles. The van der Waals surface area contributed by atoms with Crippen molar-refractivity contribution in [2.75, 3.05) is 22.9 Å². The lowest BCUT2D eigenvalue weighted by molar-refractivity contribution is 0.102. The van der Waals surface area contributed by atoms with Gasteiger partial charge >= 0.3 is 0 Å². The van der Waals surface area contributed by atoms with Crippen LogP contribution in [0.15, 0.2) is 54.9 Å². The summed E-state index contributed by atoms with van der Waals surface area (Å²) in [5, 5.41) is 5.86. The first-order chi connectivity index (χ1) is 12.2. The van der Waals surface area contributed by atoms with Crippen LogP contribution in [0.3, 0.4) is 0 Å².